The van der Waals surface area contributed by atoms with Crippen LogP contribution in [0.4, 0.5) is 0 Å². The molecule has 1 aromatic rings. The maximum Gasteiger partial charge on any atom is 0.352 e. The normalized spacial score (nSPS) is 12.9. The summed E-state index contributed by atoms with van der Waals surface area (Å²) in [5.41, 5.74) is -0.107. The van der Waals surface area contributed by atoms with Crippen molar-refractivity contribution < 1.29 is 18.3 Å². The lowest BCUT2D eigenvalue weighted by molar-refractivity contribution is 0.0686. The molecule has 0 radical (unpaired) electrons. The van der Waals surface area contributed by atoms with Gasteiger partial charge in [0.1, 0.15) is 10.6 Å². The van der Waals surface area contributed by atoms with Gasteiger partial charge < -0.3 is 9.67 Å². The summed E-state index contributed by atoms with van der Waals surface area (Å²) in [5, 5.41) is 8.85. The average Bonchev–Trinajstić information content (AvgIpc) is 2.69. The fourth-order valence-corrected chi connectivity index (χ4v) is 2.69. The molecular formula is C11H14N2O4S. The molecule has 0 bridgehead atoms. The Morgan fingerprint density at radius 2 is 2.28 bits per heavy atom. The molecule has 0 aliphatic rings. The second kappa shape index (κ2) is 5.25. The summed E-state index contributed by atoms with van der Waals surface area (Å²) in [6.07, 6.45) is 6.86. The van der Waals surface area contributed by atoms with Gasteiger partial charge in [0.25, 0.3) is 0 Å². The topological polar surface area (TPSA) is 88.4 Å². The average molecular weight is 270 g/mol. The fraction of sp³-hybridized carbons (Fsp3) is 0.364. The van der Waals surface area contributed by atoms with E-state index in [1.807, 2.05) is 0 Å². The lowest BCUT2D eigenvalue weighted by Crippen LogP contribution is -2.33. The van der Waals surface area contributed by atoms with Gasteiger partial charge in [0.15, 0.2) is 0 Å². The van der Waals surface area contributed by atoms with E-state index in [9.17, 15) is 13.2 Å². The number of nitrogens with one attached hydrogen (secondary N) is 1. The van der Waals surface area contributed by atoms with Gasteiger partial charge in [-0.25, -0.2) is 13.2 Å². The van der Waals surface area contributed by atoms with Crippen LogP contribution >= 0.6 is 0 Å². The van der Waals surface area contributed by atoms with Crippen molar-refractivity contribution in [3.8, 4) is 12.3 Å². The Morgan fingerprint density at radius 1 is 1.67 bits per heavy atom. The molecule has 1 aromatic heterocycles. The van der Waals surface area contributed by atoms with Crippen LogP contribution in [0.2, 0.25) is 0 Å². The van der Waals surface area contributed by atoms with Gasteiger partial charge in [0.2, 0.25) is 10.0 Å². The Balaban J connectivity index is 3.11. The Labute approximate surface area is 106 Å². The predicted molar refractivity (Wildman–Crippen MR) is 65.6 cm³/mol. The monoisotopic (exact) mass is 270 g/mol. The standard InChI is InChI=1S/C11H14N2O4S/c1-4-8(5-2)12-18(16,17)9-6-10(11(14)15)13(3)7-9/h1,6-8,12H,5H2,2-3H3,(H,14,15). The minimum absolute atomic E-state index is 0.107. The Kier molecular flexibility index (Phi) is 4.16. The smallest absolute Gasteiger partial charge is 0.352 e. The zero-order valence-corrected chi connectivity index (χ0v) is 10.9. The van der Waals surface area contributed by atoms with Crippen LogP contribution in [-0.2, 0) is 17.1 Å². The molecule has 0 aromatic carbocycles. The maximum atomic E-state index is 11.9. The maximum absolute atomic E-state index is 11.9. The highest BCUT2D eigenvalue weighted by Crippen LogP contribution is 2.14. The molecule has 1 atom stereocenters. The lowest BCUT2D eigenvalue weighted by Gasteiger charge is -2.09. The van der Waals surface area contributed by atoms with Gasteiger partial charge in [-0.2, -0.15) is 4.72 Å². The second-order valence-corrected chi connectivity index (χ2v) is 5.44. The van der Waals surface area contributed by atoms with Gasteiger partial charge >= 0.3 is 5.97 Å². The zero-order chi connectivity index (χ0) is 13.9. The van der Waals surface area contributed by atoms with Crippen LogP contribution in [0.1, 0.15) is 23.8 Å². The minimum atomic E-state index is -3.80. The number of aromatic nitrogens is 1. The Morgan fingerprint density at radius 3 is 2.67 bits per heavy atom. The highest BCUT2D eigenvalue weighted by atomic mass is 32.2. The minimum Gasteiger partial charge on any atom is -0.477 e. The van der Waals surface area contributed by atoms with Crippen molar-refractivity contribution in [2.75, 3.05) is 0 Å². The number of carboxylic acids is 1. The molecule has 0 spiro atoms. The van der Waals surface area contributed by atoms with Crippen molar-refractivity contribution >= 4 is 16.0 Å². The van der Waals surface area contributed by atoms with Crippen LogP contribution in [0.3, 0.4) is 0 Å². The second-order valence-electron chi connectivity index (χ2n) is 3.73. The number of aromatic carboxylic acids is 1. The van der Waals surface area contributed by atoms with Gasteiger partial charge in [0.05, 0.1) is 6.04 Å². The first-order chi connectivity index (χ1) is 8.31. The summed E-state index contributed by atoms with van der Waals surface area (Å²) in [6.45, 7) is 1.75. The molecule has 6 nitrogen and oxygen atoms in total. The van der Waals surface area contributed by atoms with Gasteiger partial charge in [-0.05, 0) is 12.5 Å². The number of rotatable bonds is 5. The number of nitrogens with zero attached hydrogens (tertiary/aromatic N) is 1. The molecule has 2 N–H and O–H groups in total. The zero-order valence-electron chi connectivity index (χ0n) is 10.0. The summed E-state index contributed by atoms with van der Waals surface area (Å²) >= 11 is 0. The summed E-state index contributed by atoms with van der Waals surface area (Å²) in [5.74, 6) is 1.12. The van der Waals surface area contributed by atoms with E-state index in [-0.39, 0.29) is 10.6 Å². The number of carbonyl (C=O) groups is 1. The van der Waals surface area contributed by atoms with Crippen molar-refractivity contribution in [2.45, 2.75) is 24.3 Å². The van der Waals surface area contributed by atoms with Crippen LogP contribution < -0.4 is 4.72 Å². The number of aryl methyl sites for hydroxylation is 1. The van der Waals surface area contributed by atoms with Crippen molar-refractivity contribution in [3.63, 3.8) is 0 Å². The van der Waals surface area contributed by atoms with E-state index in [0.29, 0.717) is 6.42 Å². The first kappa shape index (κ1) is 14.3. The predicted octanol–water partition coefficient (Wildman–Crippen LogP) is 0.413. The molecule has 0 saturated heterocycles. The van der Waals surface area contributed by atoms with Crippen molar-refractivity contribution in [2.24, 2.45) is 7.05 Å². The van der Waals surface area contributed by atoms with Gasteiger partial charge in [-0.1, -0.05) is 12.8 Å². The molecule has 98 valence electrons. The third-order valence-electron chi connectivity index (χ3n) is 2.42. The van der Waals surface area contributed by atoms with Crippen LogP contribution in [-0.4, -0.2) is 30.1 Å². The van der Waals surface area contributed by atoms with Gasteiger partial charge in [0, 0.05) is 13.2 Å². The fourth-order valence-electron chi connectivity index (χ4n) is 1.38. The van der Waals surface area contributed by atoms with Crippen molar-refractivity contribution in [1.82, 2.24) is 9.29 Å². The third-order valence-corrected chi connectivity index (χ3v) is 3.85. The third kappa shape index (κ3) is 2.91. The van der Waals surface area contributed by atoms with Crippen LogP contribution in [0.25, 0.3) is 0 Å². The lowest BCUT2D eigenvalue weighted by atomic mass is 10.3. The van der Waals surface area contributed by atoms with E-state index in [2.05, 4.69) is 10.6 Å². The number of sulfonamides is 1. The van der Waals surface area contributed by atoms with Crippen LogP contribution in [0.5, 0.6) is 0 Å². The van der Waals surface area contributed by atoms with Crippen LogP contribution in [0, 0.1) is 12.3 Å². The molecule has 7 heteroatoms. The summed E-state index contributed by atoms with van der Waals surface area (Å²) < 4.78 is 27.4. The van der Waals surface area contributed by atoms with Crippen molar-refractivity contribution in [1.29, 1.82) is 0 Å². The van der Waals surface area contributed by atoms with Gasteiger partial charge in [-0.15, -0.1) is 6.42 Å². The van der Waals surface area contributed by atoms with E-state index in [1.54, 1.807) is 6.92 Å². The van der Waals surface area contributed by atoms with E-state index in [0.717, 1.165) is 6.07 Å². The Bertz CT molecular complexity index is 595. The number of carboxylic acid groups (broad SMARTS) is 1. The number of hydrogen-bond acceptors (Lipinski definition) is 3. The van der Waals surface area contributed by atoms with Gasteiger partial charge in [-0.3, -0.25) is 0 Å². The number of hydrogen-bond donors (Lipinski definition) is 2. The molecule has 18 heavy (non-hydrogen) atoms. The first-order valence-corrected chi connectivity index (χ1v) is 6.68. The van der Waals surface area contributed by atoms with E-state index >= 15 is 0 Å². The molecular weight excluding hydrogens is 256 g/mol. The summed E-state index contributed by atoms with van der Waals surface area (Å²) in [7, 11) is -2.34. The summed E-state index contributed by atoms with van der Waals surface area (Å²) in [4.78, 5) is 10.7. The number of terminal acetylenes is 1. The molecule has 1 rings (SSSR count). The van der Waals surface area contributed by atoms with E-state index < -0.39 is 22.0 Å². The van der Waals surface area contributed by atoms with Crippen molar-refractivity contribution in [3.05, 3.63) is 18.0 Å². The SMILES string of the molecule is C#CC(CC)NS(=O)(=O)c1cc(C(=O)O)n(C)c1. The molecule has 0 aliphatic heterocycles. The molecule has 0 amide bonds. The first-order valence-electron chi connectivity index (χ1n) is 5.20. The van der Waals surface area contributed by atoms with E-state index in [1.165, 1.54) is 17.8 Å². The molecule has 0 saturated carbocycles. The Hall–Kier alpha value is -1.78. The molecule has 1 unspecified atom stereocenters. The molecule has 1 heterocycles. The highest BCUT2D eigenvalue weighted by Gasteiger charge is 2.22. The largest absolute Gasteiger partial charge is 0.477 e. The molecule has 0 aliphatic carbocycles. The quantitative estimate of drug-likeness (QED) is 0.759. The van der Waals surface area contributed by atoms with E-state index in [4.69, 9.17) is 11.5 Å². The highest BCUT2D eigenvalue weighted by molar-refractivity contribution is 7.89. The molecule has 0 fully saturated rings. The summed E-state index contributed by atoms with van der Waals surface area (Å²) in [6, 6.07) is 0.483. The van der Waals surface area contributed by atoms with Crippen LogP contribution in [0.15, 0.2) is 17.2 Å².